The van der Waals surface area contributed by atoms with Gasteiger partial charge in [0.25, 0.3) is 5.91 Å². The maximum absolute atomic E-state index is 12.4. The molecular formula is C16H22N2O2. The van der Waals surface area contributed by atoms with Gasteiger partial charge in [0.15, 0.2) is 0 Å². The van der Waals surface area contributed by atoms with Gasteiger partial charge in [-0.15, -0.1) is 0 Å². The van der Waals surface area contributed by atoms with Gasteiger partial charge < -0.3 is 11.1 Å². The number of hydrogen-bond acceptors (Lipinski definition) is 2. The minimum Gasteiger partial charge on any atom is -0.366 e. The molecule has 0 saturated heterocycles. The highest BCUT2D eigenvalue weighted by Crippen LogP contribution is 2.28. The van der Waals surface area contributed by atoms with E-state index in [2.05, 4.69) is 12.2 Å². The van der Waals surface area contributed by atoms with Crippen molar-refractivity contribution in [1.82, 2.24) is 5.32 Å². The monoisotopic (exact) mass is 274 g/mol. The Morgan fingerprint density at radius 1 is 1.10 bits per heavy atom. The van der Waals surface area contributed by atoms with Crippen LogP contribution in [0.3, 0.4) is 0 Å². The predicted octanol–water partition coefficient (Wildman–Crippen LogP) is 2.55. The van der Waals surface area contributed by atoms with Crippen molar-refractivity contribution in [2.24, 2.45) is 5.73 Å². The molecule has 1 fully saturated rings. The fourth-order valence-corrected chi connectivity index (χ4v) is 2.86. The number of hydrogen-bond donors (Lipinski definition) is 2. The molecule has 1 aromatic rings. The number of carbonyl (C=O) groups excluding carboxylic acids is 2. The number of nitrogens with two attached hydrogens (primary N) is 1. The van der Waals surface area contributed by atoms with Gasteiger partial charge in [-0.3, -0.25) is 9.59 Å². The first kappa shape index (κ1) is 14.6. The maximum Gasteiger partial charge on any atom is 0.251 e. The van der Waals surface area contributed by atoms with Crippen molar-refractivity contribution in [1.29, 1.82) is 0 Å². The molecule has 20 heavy (non-hydrogen) atoms. The highest BCUT2D eigenvalue weighted by molar-refractivity contribution is 5.99. The van der Waals surface area contributed by atoms with E-state index < -0.39 is 5.91 Å². The molecule has 0 atom stereocenters. The van der Waals surface area contributed by atoms with Crippen molar-refractivity contribution >= 4 is 11.8 Å². The SMILES string of the molecule is Cc1cc(C(N)=O)cc(C(=O)NC2(C)CCCCC2)c1. The standard InChI is InChI=1S/C16H22N2O2/c1-11-8-12(14(17)19)10-13(9-11)15(20)18-16(2)6-4-3-5-7-16/h8-10H,3-7H2,1-2H3,(H2,17,19)(H,18,20). The number of aryl methyl sites for hydroxylation is 1. The summed E-state index contributed by atoms with van der Waals surface area (Å²) in [6, 6.07) is 5.05. The lowest BCUT2D eigenvalue weighted by atomic mass is 9.83. The summed E-state index contributed by atoms with van der Waals surface area (Å²) in [7, 11) is 0. The number of nitrogens with one attached hydrogen (secondary N) is 1. The summed E-state index contributed by atoms with van der Waals surface area (Å²) < 4.78 is 0. The fourth-order valence-electron chi connectivity index (χ4n) is 2.86. The zero-order chi connectivity index (χ0) is 14.8. The van der Waals surface area contributed by atoms with Gasteiger partial charge in [-0.25, -0.2) is 0 Å². The number of rotatable bonds is 3. The first-order valence-electron chi connectivity index (χ1n) is 7.14. The molecule has 1 saturated carbocycles. The van der Waals surface area contributed by atoms with Crippen molar-refractivity contribution in [2.45, 2.75) is 51.5 Å². The summed E-state index contributed by atoms with van der Waals surface area (Å²) in [5.74, 6) is -0.632. The molecule has 1 aliphatic carbocycles. The van der Waals surface area contributed by atoms with Crippen LogP contribution in [0.5, 0.6) is 0 Å². The lowest BCUT2D eigenvalue weighted by molar-refractivity contribution is 0.0882. The molecule has 2 rings (SSSR count). The van der Waals surface area contributed by atoms with Crippen molar-refractivity contribution in [3.05, 3.63) is 34.9 Å². The molecule has 0 radical (unpaired) electrons. The average Bonchev–Trinajstić information content (AvgIpc) is 2.38. The summed E-state index contributed by atoms with van der Waals surface area (Å²) in [6.07, 6.45) is 5.55. The number of benzene rings is 1. The van der Waals surface area contributed by atoms with E-state index in [0.717, 1.165) is 31.2 Å². The third kappa shape index (κ3) is 3.38. The summed E-state index contributed by atoms with van der Waals surface area (Å²) in [5.41, 5.74) is 6.90. The van der Waals surface area contributed by atoms with E-state index in [1.807, 2.05) is 6.92 Å². The molecular weight excluding hydrogens is 252 g/mol. The summed E-state index contributed by atoms with van der Waals surface area (Å²) in [4.78, 5) is 23.7. The highest BCUT2D eigenvalue weighted by atomic mass is 16.2. The number of amides is 2. The molecule has 0 spiro atoms. The highest BCUT2D eigenvalue weighted by Gasteiger charge is 2.28. The van der Waals surface area contributed by atoms with Gasteiger partial charge >= 0.3 is 0 Å². The first-order chi connectivity index (χ1) is 9.39. The second-order valence-electron chi connectivity index (χ2n) is 6.03. The Morgan fingerprint density at radius 3 is 2.30 bits per heavy atom. The Morgan fingerprint density at radius 2 is 1.70 bits per heavy atom. The van der Waals surface area contributed by atoms with E-state index in [-0.39, 0.29) is 11.4 Å². The van der Waals surface area contributed by atoms with Crippen molar-refractivity contribution in [3.63, 3.8) is 0 Å². The summed E-state index contributed by atoms with van der Waals surface area (Å²) in [5, 5.41) is 3.11. The van der Waals surface area contributed by atoms with Crippen molar-refractivity contribution in [2.75, 3.05) is 0 Å². The van der Waals surface area contributed by atoms with Crippen LogP contribution < -0.4 is 11.1 Å². The molecule has 1 aromatic carbocycles. The van der Waals surface area contributed by atoms with E-state index in [1.54, 1.807) is 18.2 Å². The van der Waals surface area contributed by atoms with Crippen LogP contribution in [-0.4, -0.2) is 17.4 Å². The van der Waals surface area contributed by atoms with Crippen molar-refractivity contribution in [3.8, 4) is 0 Å². The van der Waals surface area contributed by atoms with Gasteiger partial charge in [0.1, 0.15) is 0 Å². The second kappa shape index (κ2) is 5.65. The minimum absolute atomic E-state index is 0.124. The molecule has 2 amide bonds. The van der Waals surface area contributed by atoms with Crippen LogP contribution in [0.2, 0.25) is 0 Å². The third-order valence-electron chi connectivity index (χ3n) is 4.00. The van der Waals surface area contributed by atoms with E-state index >= 15 is 0 Å². The lowest BCUT2D eigenvalue weighted by Gasteiger charge is -2.34. The minimum atomic E-state index is -0.508. The summed E-state index contributed by atoms with van der Waals surface area (Å²) >= 11 is 0. The van der Waals surface area contributed by atoms with E-state index in [1.165, 1.54) is 6.42 Å². The van der Waals surface area contributed by atoms with Crippen LogP contribution in [0, 0.1) is 6.92 Å². The zero-order valence-electron chi connectivity index (χ0n) is 12.2. The van der Waals surface area contributed by atoms with Crippen molar-refractivity contribution < 1.29 is 9.59 Å². The molecule has 0 unspecified atom stereocenters. The molecule has 0 heterocycles. The van der Waals surface area contributed by atoms with Crippen LogP contribution >= 0.6 is 0 Å². The largest absolute Gasteiger partial charge is 0.366 e. The number of carbonyl (C=O) groups is 2. The van der Waals surface area contributed by atoms with Gasteiger partial charge in [-0.1, -0.05) is 19.3 Å². The van der Waals surface area contributed by atoms with Crippen LogP contribution in [0.25, 0.3) is 0 Å². The van der Waals surface area contributed by atoms with Crippen LogP contribution in [0.1, 0.15) is 65.3 Å². The Labute approximate surface area is 119 Å². The molecule has 4 nitrogen and oxygen atoms in total. The Hall–Kier alpha value is -1.84. The normalized spacial score (nSPS) is 17.5. The molecule has 0 bridgehead atoms. The first-order valence-corrected chi connectivity index (χ1v) is 7.14. The van der Waals surface area contributed by atoms with Gasteiger partial charge in [0, 0.05) is 16.7 Å². The maximum atomic E-state index is 12.4. The van der Waals surface area contributed by atoms with Crippen LogP contribution in [-0.2, 0) is 0 Å². The van der Waals surface area contributed by atoms with Crippen LogP contribution in [0.4, 0.5) is 0 Å². The van der Waals surface area contributed by atoms with Gasteiger partial charge in [0.2, 0.25) is 5.91 Å². The zero-order valence-corrected chi connectivity index (χ0v) is 12.2. The number of primary amides is 1. The molecule has 108 valence electrons. The van der Waals surface area contributed by atoms with Gasteiger partial charge in [0.05, 0.1) is 0 Å². The summed E-state index contributed by atoms with van der Waals surface area (Å²) in [6.45, 7) is 3.94. The molecule has 4 heteroatoms. The predicted molar refractivity (Wildman–Crippen MR) is 78.7 cm³/mol. The topological polar surface area (TPSA) is 72.2 Å². The average molecular weight is 274 g/mol. The second-order valence-corrected chi connectivity index (χ2v) is 6.03. The molecule has 3 N–H and O–H groups in total. The quantitative estimate of drug-likeness (QED) is 0.889. The Bertz CT molecular complexity index is 531. The van der Waals surface area contributed by atoms with E-state index in [9.17, 15) is 9.59 Å². The Balaban J connectivity index is 2.18. The third-order valence-corrected chi connectivity index (χ3v) is 4.00. The lowest BCUT2D eigenvalue weighted by Crippen LogP contribution is -2.47. The van der Waals surface area contributed by atoms with E-state index in [0.29, 0.717) is 11.1 Å². The van der Waals surface area contributed by atoms with Crippen LogP contribution in [0.15, 0.2) is 18.2 Å². The molecule has 0 aromatic heterocycles. The van der Waals surface area contributed by atoms with E-state index in [4.69, 9.17) is 5.73 Å². The molecule has 0 aliphatic heterocycles. The smallest absolute Gasteiger partial charge is 0.251 e. The fraction of sp³-hybridized carbons (Fsp3) is 0.500. The molecule has 1 aliphatic rings. The Kier molecular flexibility index (Phi) is 4.12. The van der Waals surface area contributed by atoms with Gasteiger partial charge in [-0.05, 0) is 50.5 Å². The van der Waals surface area contributed by atoms with Gasteiger partial charge in [-0.2, -0.15) is 0 Å².